The van der Waals surface area contributed by atoms with Crippen LogP contribution >= 0.6 is 0 Å². The number of carbonyl (C=O) groups is 2. The van der Waals surface area contributed by atoms with E-state index < -0.39 is 29.8 Å². The maximum Gasteiger partial charge on any atom is 0.308 e. The first-order valence-electron chi connectivity index (χ1n) is 7.41. The Balaban J connectivity index is 2.15. The Morgan fingerprint density at radius 2 is 2.09 bits per heavy atom. The molecular formula is C16H21FN2O3. The lowest BCUT2D eigenvalue weighted by Gasteiger charge is -2.17. The van der Waals surface area contributed by atoms with Crippen molar-refractivity contribution in [1.82, 2.24) is 10.6 Å². The van der Waals surface area contributed by atoms with Crippen LogP contribution < -0.4 is 10.6 Å². The van der Waals surface area contributed by atoms with Gasteiger partial charge in [0.1, 0.15) is 5.82 Å². The Hall–Kier alpha value is -1.95. The minimum absolute atomic E-state index is 0.151. The number of hydrogen-bond acceptors (Lipinski definition) is 3. The fraction of sp³-hybridized carbons (Fsp3) is 0.500. The number of benzene rings is 1. The van der Waals surface area contributed by atoms with Crippen LogP contribution in [0.1, 0.15) is 31.9 Å². The van der Waals surface area contributed by atoms with E-state index in [2.05, 4.69) is 10.6 Å². The molecule has 5 nitrogen and oxygen atoms in total. The summed E-state index contributed by atoms with van der Waals surface area (Å²) in [5.74, 6) is -2.25. The van der Waals surface area contributed by atoms with Crippen molar-refractivity contribution in [2.75, 3.05) is 6.54 Å². The van der Waals surface area contributed by atoms with Gasteiger partial charge in [-0.2, -0.15) is 0 Å². The summed E-state index contributed by atoms with van der Waals surface area (Å²) < 4.78 is 13.9. The van der Waals surface area contributed by atoms with Crippen LogP contribution in [0.25, 0.3) is 0 Å². The first-order chi connectivity index (χ1) is 10.4. The second kappa shape index (κ2) is 6.87. The van der Waals surface area contributed by atoms with Gasteiger partial charge in [0.2, 0.25) is 5.91 Å². The maximum absolute atomic E-state index is 13.9. The second-order valence-corrected chi connectivity index (χ2v) is 6.04. The van der Waals surface area contributed by atoms with Gasteiger partial charge in [0.05, 0.1) is 12.0 Å². The summed E-state index contributed by atoms with van der Waals surface area (Å²) in [6, 6.07) is 4.74. The molecule has 3 N–H and O–H groups in total. The fourth-order valence-corrected chi connectivity index (χ4v) is 2.68. The zero-order valence-electron chi connectivity index (χ0n) is 12.7. The van der Waals surface area contributed by atoms with E-state index in [0.717, 1.165) is 0 Å². The normalized spacial score (nSPS) is 24.5. The van der Waals surface area contributed by atoms with Crippen molar-refractivity contribution in [3.63, 3.8) is 0 Å². The SMILES string of the molecule is CC(C)CNC(=O)C1CC(C(=O)O)C(c2ccccc2F)N1. The van der Waals surface area contributed by atoms with Gasteiger partial charge >= 0.3 is 5.97 Å². The van der Waals surface area contributed by atoms with Gasteiger partial charge < -0.3 is 10.4 Å². The molecule has 1 fully saturated rings. The summed E-state index contributed by atoms with van der Waals surface area (Å²) in [6.45, 7) is 4.48. The van der Waals surface area contributed by atoms with Crippen LogP contribution in [0.15, 0.2) is 24.3 Å². The number of rotatable bonds is 5. The molecule has 120 valence electrons. The Morgan fingerprint density at radius 3 is 2.68 bits per heavy atom. The van der Waals surface area contributed by atoms with Gasteiger partial charge in [-0.1, -0.05) is 32.0 Å². The van der Waals surface area contributed by atoms with Crippen LogP contribution in [0.4, 0.5) is 4.39 Å². The van der Waals surface area contributed by atoms with Gasteiger partial charge in [-0.3, -0.25) is 14.9 Å². The Morgan fingerprint density at radius 1 is 1.41 bits per heavy atom. The highest BCUT2D eigenvalue weighted by molar-refractivity contribution is 5.84. The smallest absolute Gasteiger partial charge is 0.308 e. The first-order valence-corrected chi connectivity index (χ1v) is 7.41. The van der Waals surface area contributed by atoms with Gasteiger partial charge in [0, 0.05) is 18.2 Å². The molecule has 1 aliphatic rings. The van der Waals surface area contributed by atoms with Crippen molar-refractivity contribution in [3.05, 3.63) is 35.6 Å². The molecule has 1 aliphatic heterocycles. The number of aliphatic carboxylic acids is 1. The largest absolute Gasteiger partial charge is 0.481 e. The van der Waals surface area contributed by atoms with Crippen LogP contribution in [0.2, 0.25) is 0 Å². The van der Waals surface area contributed by atoms with E-state index >= 15 is 0 Å². The summed E-state index contributed by atoms with van der Waals surface area (Å²) in [4.78, 5) is 23.6. The van der Waals surface area contributed by atoms with Crippen molar-refractivity contribution in [1.29, 1.82) is 0 Å². The van der Waals surface area contributed by atoms with Crippen LogP contribution in [-0.4, -0.2) is 29.6 Å². The van der Waals surface area contributed by atoms with Crippen molar-refractivity contribution in [2.45, 2.75) is 32.4 Å². The minimum atomic E-state index is -1.03. The molecule has 1 saturated heterocycles. The molecule has 0 saturated carbocycles. The average molecular weight is 308 g/mol. The van der Waals surface area contributed by atoms with Crippen LogP contribution in [0, 0.1) is 17.7 Å². The van der Waals surface area contributed by atoms with Gasteiger partial charge in [0.25, 0.3) is 0 Å². The molecule has 1 heterocycles. The third kappa shape index (κ3) is 3.62. The van der Waals surface area contributed by atoms with Gasteiger partial charge in [-0.05, 0) is 18.4 Å². The molecule has 3 atom stereocenters. The highest BCUT2D eigenvalue weighted by Gasteiger charge is 2.42. The lowest BCUT2D eigenvalue weighted by molar-refractivity contribution is -0.142. The van der Waals surface area contributed by atoms with Crippen molar-refractivity contribution >= 4 is 11.9 Å². The molecule has 1 aromatic rings. The molecule has 22 heavy (non-hydrogen) atoms. The number of carboxylic acids is 1. The van der Waals surface area contributed by atoms with E-state index in [1.54, 1.807) is 18.2 Å². The van der Waals surface area contributed by atoms with Crippen molar-refractivity contribution < 1.29 is 19.1 Å². The van der Waals surface area contributed by atoms with Crippen molar-refractivity contribution in [3.8, 4) is 0 Å². The fourth-order valence-electron chi connectivity index (χ4n) is 2.68. The van der Waals surface area contributed by atoms with Crippen molar-refractivity contribution in [2.24, 2.45) is 11.8 Å². The monoisotopic (exact) mass is 308 g/mol. The second-order valence-electron chi connectivity index (χ2n) is 6.04. The van der Waals surface area contributed by atoms with Gasteiger partial charge in [-0.25, -0.2) is 4.39 Å². The molecule has 6 heteroatoms. The van der Waals surface area contributed by atoms with E-state index in [-0.39, 0.29) is 17.9 Å². The summed E-state index contributed by atoms with van der Waals surface area (Å²) >= 11 is 0. The number of carbonyl (C=O) groups excluding carboxylic acids is 1. The molecular weight excluding hydrogens is 287 g/mol. The molecule has 1 amide bonds. The lowest BCUT2D eigenvalue weighted by Crippen LogP contribution is -2.42. The van der Waals surface area contributed by atoms with Crippen LogP contribution in [0.5, 0.6) is 0 Å². The van der Waals surface area contributed by atoms with E-state index in [1.165, 1.54) is 6.07 Å². The molecule has 2 rings (SSSR count). The molecule has 0 aromatic heterocycles. The summed E-state index contributed by atoms with van der Waals surface area (Å²) in [6.07, 6.45) is 0.151. The maximum atomic E-state index is 13.9. The number of halogens is 1. The standard InChI is InChI=1S/C16H21FN2O3/c1-9(2)8-18-15(20)13-7-11(16(21)22)14(19-13)10-5-3-4-6-12(10)17/h3-6,9,11,13-14,19H,7-8H2,1-2H3,(H,18,20)(H,21,22). The number of nitrogens with one attached hydrogen (secondary N) is 2. The number of carboxylic acid groups (broad SMARTS) is 1. The zero-order valence-corrected chi connectivity index (χ0v) is 12.7. The summed E-state index contributed by atoms with van der Waals surface area (Å²) in [5.41, 5.74) is 0.286. The molecule has 0 radical (unpaired) electrons. The third-order valence-corrected chi connectivity index (χ3v) is 3.83. The Kier molecular flexibility index (Phi) is 5.13. The van der Waals surface area contributed by atoms with Crippen LogP contribution in [-0.2, 0) is 9.59 Å². The zero-order chi connectivity index (χ0) is 16.3. The van der Waals surface area contributed by atoms with Gasteiger partial charge in [0.15, 0.2) is 0 Å². The summed E-state index contributed by atoms with van der Waals surface area (Å²) in [7, 11) is 0. The predicted molar refractivity (Wildman–Crippen MR) is 79.7 cm³/mol. The molecule has 0 aliphatic carbocycles. The number of hydrogen-bond donors (Lipinski definition) is 3. The van der Waals surface area contributed by atoms with E-state index in [9.17, 15) is 19.1 Å². The highest BCUT2D eigenvalue weighted by atomic mass is 19.1. The molecule has 3 unspecified atom stereocenters. The third-order valence-electron chi connectivity index (χ3n) is 3.83. The number of amides is 1. The van der Waals surface area contributed by atoms with Gasteiger partial charge in [-0.15, -0.1) is 0 Å². The van der Waals surface area contributed by atoms with Crippen LogP contribution in [0.3, 0.4) is 0 Å². The molecule has 1 aromatic carbocycles. The Labute approximate surface area is 128 Å². The predicted octanol–water partition coefficient (Wildman–Crippen LogP) is 1.70. The average Bonchev–Trinajstić information content (AvgIpc) is 2.90. The molecule has 0 bridgehead atoms. The lowest BCUT2D eigenvalue weighted by atomic mass is 9.93. The quantitative estimate of drug-likeness (QED) is 0.773. The Bertz CT molecular complexity index is 562. The van der Waals surface area contributed by atoms with E-state index in [1.807, 2.05) is 13.8 Å². The minimum Gasteiger partial charge on any atom is -0.481 e. The first kappa shape index (κ1) is 16.4. The van der Waals surface area contributed by atoms with E-state index in [4.69, 9.17) is 0 Å². The van der Waals surface area contributed by atoms with E-state index in [0.29, 0.717) is 12.5 Å². The topological polar surface area (TPSA) is 78.4 Å². The summed E-state index contributed by atoms with van der Waals surface area (Å²) in [5, 5.41) is 15.1. The highest BCUT2D eigenvalue weighted by Crippen LogP contribution is 2.34. The molecule has 0 spiro atoms.